The Morgan fingerprint density at radius 2 is 2.58 bits per heavy atom. The van der Waals surface area contributed by atoms with Gasteiger partial charge in [-0.05, 0) is 15.9 Å². The van der Waals surface area contributed by atoms with Gasteiger partial charge in [-0.3, -0.25) is 4.68 Å². The second-order valence-corrected chi connectivity index (χ2v) is 2.93. The molecule has 0 aliphatic heterocycles. The maximum atomic E-state index is 8.59. The zero-order chi connectivity index (χ0) is 8.97. The van der Waals surface area contributed by atoms with Gasteiger partial charge in [0.25, 0.3) is 0 Å². The summed E-state index contributed by atoms with van der Waals surface area (Å²) >= 11 is 3.26. The quantitative estimate of drug-likeness (QED) is 0.782. The van der Waals surface area contributed by atoms with E-state index < -0.39 is 0 Å². The number of methoxy groups -OCH3 is 1. The maximum Gasteiger partial charge on any atom is 0.121 e. The van der Waals surface area contributed by atoms with Gasteiger partial charge >= 0.3 is 0 Å². The van der Waals surface area contributed by atoms with E-state index in [1.165, 1.54) is 6.20 Å². The second-order valence-electron chi connectivity index (χ2n) is 2.18. The third-order valence-corrected chi connectivity index (χ3v) is 2.24. The Hall–Kier alpha value is -0.860. The minimum Gasteiger partial charge on any atom is -0.383 e. The summed E-state index contributed by atoms with van der Waals surface area (Å²) in [7, 11) is 1.63. The monoisotopic (exact) mass is 229 g/mol. The molecule has 0 aliphatic rings. The van der Waals surface area contributed by atoms with Crippen molar-refractivity contribution in [1.29, 1.82) is 5.26 Å². The maximum absolute atomic E-state index is 8.59. The first-order valence-corrected chi connectivity index (χ1v) is 4.19. The molecule has 0 radical (unpaired) electrons. The Morgan fingerprint density at radius 1 is 1.83 bits per heavy atom. The average molecular weight is 230 g/mol. The molecule has 5 heteroatoms. The predicted octanol–water partition coefficient (Wildman–Crippen LogP) is 1.16. The number of hydrogen-bond acceptors (Lipinski definition) is 3. The highest BCUT2D eigenvalue weighted by Crippen LogP contribution is 2.14. The first-order chi connectivity index (χ1) is 5.79. The molecule has 64 valence electrons. The lowest BCUT2D eigenvalue weighted by Crippen LogP contribution is -2.05. The number of rotatable bonds is 3. The van der Waals surface area contributed by atoms with Gasteiger partial charge < -0.3 is 4.74 Å². The largest absolute Gasteiger partial charge is 0.383 e. The van der Waals surface area contributed by atoms with Crippen molar-refractivity contribution in [2.45, 2.75) is 6.54 Å². The van der Waals surface area contributed by atoms with E-state index in [1.807, 2.05) is 6.07 Å². The normalized spacial score (nSPS) is 9.75. The number of halogens is 1. The summed E-state index contributed by atoms with van der Waals surface area (Å²) in [5.41, 5.74) is 0.547. The van der Waals surface area contributed by atoms with Crippen molar-refractivity contribution in [2.24, 2.45) is 0 Å². The Morgan fingerprint density at radius 3 is 3.08 bits per heavy atom. The summed E-state index contributed by atoms with van der Waals surface area (Å²) in [6, 6.07) is 2.02. The first kappa shape index (κ1) is 9.23. The van der Waals surface area contributed by atoms with Crippen molar-refractivity contribution in [3.63, 3.8) is 0 Å². The molecule has 0 bridgehead atoms. The molecule has 0 saturated carbocycles. The van der Waals surface area contributed by atoms with Crippen molar-refractivity contribution in [2.75, 3.05) is 13.7 Å². The summed E-state index contributed by atoms with van der Waals surface area (Å²) in [4.78, 5) is 0. The first-order valence-electron chi connectivity index (χ1n) is 3.40. The van der Waals surface area contributed by atoms with Crippen LogP contribution in [-0.2, 0) is 11.3 Å². The van der Waals surface area contributed by atoms with Gasteiger partial charge in [-0.25, -0.2) is 0 Å². The molecule has 1 rings (SSSR count). The molecular formula is C7H8BrN3O. The van der Waals surface area contributed by atoms with Crippen LogP contribution in [0.15, 0.2) is 10.8 Å². The molecule has 0 saturated heterocycles. The molecule has 0 spiro atoms. The van der Waals surface area contributed by atoms with Crippen molar-refractivity contribution >= 4 is 15.9 Å². The molecule has 4 nitrogen and oxygen atoms in total. The van der Waals surface area contributed by atoms with Gasteiger partial charge in [0.1, 0.15) is 16.2 Å². The van der Waals surface area contributed by atoms with Crippen LogP contribution in [0.25, 0.3) is 0 Å². The van der Waals surface area contributed by atoms with Crippen molar-refractivity contribution < 1.29 is 4.74 Å². The zero-order valence-corrected chi connectivity index (χ0v) is 8.21. The summed E-state index contributed by atoms with van der Waals surface area (Å²) in [6.45, 7) is 1.24. The minimum absolute atomic E-state index is 0.547. The van der Waals surface area contributed by atoms with Crippen molar-refractivity contribution in [1.82, 2.24) is 9.78 Å². The summed E-state index contributed by atoms with van der Waals surface area (Å²) in [6.07, 6.45) is 1.53. The highest BCUT2D eigenvalue weighted by molar-refractivity contribution is 9.10. The Balaban J connectivity index is 2.75. The molecule has 1 aromatic heterocycles. The fourth-order valence-electron chi connectivity index (χ4n) is 0.779. The van der Waals surface area contributed by atoms with Crippen LogP contribution in [0.1, 0.15) is 5.56 Å². The van der Waals surface area contributed by atoms with Crippen LogP contribution < -0.4 is 0 Å². The molecule has 1 heterocycles. The molecule has 0 atom stereocenters. The third-order valence-electron chi connectivity index (χ3n) is 1.40. The van der Waals surface area contributed by atoms with Gasteiger partial charge in [-0.15, -0.1) is 0 Å². The molecule has 1 aromatic rings. The lowest BCUT2D eigenvalue weighted by Gasteiger charge is -2.00. The second kappa shape index (κ2) is 4.24. The molecule has 0 fully saturated rings. The Labute approximate surface area is 78.9 Å². The minimum atomic E-state index is 0.547. The molecular weight excluding hydrogens is 222 g/mol. The number of hydrogen-bond donors (Lipinski definition) is 0. The van der Waals surface area contributed by atoms with E-state index in [0.29, 0.717) is 23.3 Å². The van der Waals surface area contributed by atoms with Crippen LogP contribution in [0.5, 0.6) is 0 Å². The van der Waals surface area contributed by atoms with E-state index in [9.17, 15) is 0 Å². The number of ether oxygens (including phenoxy) is 1. The standard InChI is InChI=1S/C7H8BrN3O/c1-12-3-2-11-7(8)6(4-9)5-10-11/h5H,2-3H2,1H3. The average Bonchev–Trinajstić information content (AvgIpc) is 2.43. The summed E-state index contributed by atoms with van der Waals surface area (Å²) in [5, 5.41) is 12.6. The van der Waals surface area contributed by atoms with Crippen LogP contribution in [0.3, 0.4) is 0 Å². The van der Waals surface area contributed by atoms with Gasteiger partial charge in [0, 0.05) is 7.11 Å². The van der Waals surface area contributed by atoms with E-state index >= 15 is 0 Å². The van der Waals surface area contributed by atoms with Crippen LogP contribution in [-0.4, -0.2) is 23.5 Å². The van der Waals surface area contributed by atoms with Gasteiger partial charge in [-0.1, -0.05) is 0 Å². The topological polar surface area (TPSA) is 50.8 Å². The smallest absolute Gasteiger partial charge is 0.121 e. The van der Waals surface area contributed by atoms with Crippen LogP contribution in [0.4, 0.5) is 0 Å². The van der Waals surface area contributed by atoms with Crippen LogP contribution in [0.2, 0.25) is 0 Å². The number of nitrogens with zero attached hydrogens (tertiary/aromatic N) is 3. The van der Waals surface area contributed by atoms with E-state index in [-0.39, 0.29) is 0 Å². The SMILES string of the molecule is COCCn1ncc(C#N)c1Br. The lowest BCUT2D eigenvalue weighted by atomic mass is 10.4. The summed E-state index contributed by atoms with van der Waals surface area (Å²) in [5.74, 6) is 0. The fraction of sp³-hybridized carbons (Fsp3) is 0.429. The lowest BCUT2D eigenvalue weighted by molar-refractivity contribution is 0.183. The van der Waals surface area contributed by atoms with E-state index in [0.717, 1.165) is 0 Å². The van der Waals surface area contributed by atoms with Crippen molar-refractivity contribution in [3.05, 3.63) is 16.4 Å². The summed E-state index contributed by atoms with van der Waals surface area (Å²) < 4.78 is 7.27. The molecule has 0 aliphatic carbocycles. The Kier molecular flexibility index (Phi) is 3.26. The number of aromatic nitrogens is 2. The molecule has 0 N–H and O–H groups in total. The fourth-order valence-corrected chi connectivity index (χ4v) is 1.24. The molecule has 0 amide bonds. The van der Waals surface area contributed by atoms with Crippen LogP contribution in [0, 0.1) is 11.3 Å². The number of nitriles is 1. The highest BCUT2D eigenvalue weighted by Gasteiger charge is 2.05. The van der Waals surface area contributed by atoms with E-state index in [4.69, 9.17) is 10.00 Å². The zero-order valence-electron chi connectivity index (χ0n) is 6.62. The van der Waals surface area contributed by atoms with E-state index in [2.05, 4.69) is 21.0 Å². The molecule has 0 unspecified atom stereocenters. The Bertz CT molecular complexity index is 302. The third kappa shape index (κ3) is 1.84. The van der Waals surface area contributed by atoms with E-state index in [1.54, 1.807) is 11.8 Å². The van der Waals surface area contributed by atoms with Gasteiger partial charge in [0.15, 0.2) is 0 Å². The van der Waals surface area contributed by atoms with Crippen molar-refractivity contribution in [3.8, 4) is 6.07 Å². The highest BCUT2D eigenvalue weighted by atomic mass is 79.9. The van der Waals surface area contributed by atoms with Gasteiger partial charge in [0.2, 0.25) is 0 Å². The molecule has 0 aromatic carbocycles. The van der Waals surface area contributed by atoms with Crippen LogP contribution >= 0.6 is 15.9 Å². The van der Waals surface area contributed by atoms with Gasteiger partial charge in [-0.2, -0.15) is 10.4 Å². The predicted molar refractivity (Wildman–Crippen MR) is 46.5 cm³/mol. The molecule has 12 heavy (non-hydrogen) atoms. The van der Waals surface area contributed by atoms with Gasteiger partial charge in [0.05, 0.1) is 19.3 Å².